The summed E-state index contributed by atoms with van der Waals surface area (Å²) in [7, 11) is 0. The second kappa shape index (κ2) is 10.2. The molecule has 0 radical (unpaired) electrons. The van der Waals surface area contributed by atoms with Crippen LogP contribution in [0.3, 0.4) is 0 Å². The lowest BCUT2D eigenvalue weighted by molar-refractivity contribution is 0.306. The van der Waals surface area contributed by atoms with Crippen LogP contribution in [0.5, 0.6) is 5.75 Å². The molecule has 1 aromatic carbocycles. The van der Waals surface area contributed by atoms with E-state index in [1.807, 2.05) is 6.92 Å². The van der Waals surface area contributed by atoms with Gasteiger partial charge < -0.3 is 10.5 Å². The Kier molecular flexibility index (Phi) is 9.80. The van der Waals surface area contributed by atoms with Gasteiger partial charge in [0.05, 0.1) is 6.61 Å². The van der Waals surface area contributed by atoms with Crippen molar-refractivity contribution in [2.24, 2.45) is 5.73 Å². The zero-order valence-corrected chi connectivity index (χ0v) is 12.3. The Morgan fingerprint density at radius 2 is 1.83 bits per heavy atom. The van der Waals surface area contributed by atoms with Gasteiger partial charge in [0.25, 0.3) is 0 Å². The number of unbranched alkanes of at least 4 members (excludes halogenated alkanes) is 2. The maximum absolute atomic E-state index is 5.74. The van der Waals surface area contributed by atoms with E-state index in [1.165, 1.54) is 18.4 Å². The lowest BCUT2D eigenvalue weighted by Crippen LogP contribution is -2.15. The average molecular weight is 272 g/mol. The Labute approximate surface area is 117 Å². The number of hydrogen-bond acceptors (Lipinski definition) is 2. The lowest BCUT2D eigenvalue weighted by Gasteiger charge is -2.08. The summed E-state index contributed by atoms with van der Waals surface area (Å²) in [5.74, 6) is 0.977. The van der Waals surface area contributed by atoms with Gasteiger partial charge in [-0.25, -0.2) is 0 Å². The molecule has 0 aliphatic rings. The first-order valence-electron chi connectivity index (χ1n) is 6.69. The summed E-state index contributed by atoms with van der Waals surface area (Å²) in [4.78, 5) is 0. The number of halogens is 1. The number of ether oxygens (including phenoxy) is 1. The largest absolute Gasteiger partial charge is 0.494 e. The molecule has 0 saturated heterocycles. The summed E-state index contributed by atoms with van der Waals surface area (Å²) in [5, 5.41) is 0. The first kappa shape index (κ1) is 17.3. The molecule has 1 aromatic rings. The second-order valence-corrected chi connectivity index (χ2v) is 4.72. The van der Waals surface area contributed by atoms with Gasteiger partial charge >= 0.3 is 0 Å². The van der Waals surface area contributed by atoms with Crippen LogP contribution in [0, 0.1) is 0 Å². The summed E-state index contributed by atoms with van der Waals surface area (Å²) in [6.45, 7) is 5.07. The van der Waals surface area contributed by atoms with Gasteiger partial charge in [-0.05, 0) is 43.9 Å². The van der Waals surface area contributed by atoms with E-state index in [9.17, 15) is 0 Å². The summed E-state index contributed by atoms with van der Waals surface area (Å²) in [6.07, 6.45) is 5.71. The van der Waals surface area contributed by atoms with Crippen molar-refractivity contribution in [1.82, 2.24) is 0 Å². The Morgan fingerprint density at radius 1 is 1.17 bits per heavy atom. The smallest absolute Gasteiger partial charge is 0.119 e. The molecule has 104 valence electrons. The van der Waals surface area contributed by atoms with Gasteiger partial charge in [-0.15, -0.1) is 12.4 Å². The molecule has 0 bridgehead atoms. The number of nitrogens with two attached hydrogens (primary N) is 1. The zero-order valence-electron chi connectivity index (χ0n) is 11.5. The summed E-state index contributed by atoms with van der Waals surface area (Å²) in [5.41, 5.74) is 7.08. The van der Waals surface area contributed by atoms with Crippen molar-refractivity contribution in [3.63, 3.8) is 0 Å². The minimum Gasteiger partial charge on any atom is -0.494 e. The highest BCUT2D eigenvalue weighted by Crippen LogP contribution is 2.14. The molecule has 0 aromatic heterocycles. The van der Waals surface area contributed by atoms with Crippen molar-refractivity contribution in [1.29, 1.82) is 0 Å². The third kappa shape index (κ3) is 7.57. The fourth-order valence-corrected chi connectivity index (χ4v) is 1.69. The molecule has 0 spiro atoms. The molecule has 2 N–H and O–H groups in total. The lowest BCUT2D eigenvalue weighted by atomic mass is 10.1. The van der Waals surface area contributed by atoms with Crippen LogP contribution >= 0.6 is 12.4 Å². The van der Waals surface area contributed by atoms with Crippen LogP contribution in [0.15, 0.2) is 24.3 Å². The highest BCUT2D eigenvalue weighted by Gasteiger charge is 1.98. The molecule has 0 amide bonds. The maximum atomic E-state index is 5.74. The predicted octanol–water partition coefficient (Wildman–Crippen LogP) is 3.96. The quantitative estimate of drug-likeness (QED) is 0.727. The second-order valence-electron chi connectivity index (χ2n) is 4.72. The summed E-state index contributed by atoms with van der Waals surface area (Å²) >= 11 is 0. The van der Waals surface area contributed by atoms with Crippen molar-refractivity contribution in [2.45, 2.75) is 52.0 Å². The number of benzene rings is 1. The van der Waals surface area contributed by atoms with Crippen LogP contribution < -0.4 is 10.5 Å². The van der Waals surface area contributed by atoms with E-state index in [0.717, 1.165) is 31.6 Å². The molecule has 18 heavy (non-hydrogen) atoms. The van der Waals surface area contributed by atoms with Crippen LogP contribution in [-0.4, -0.2) is 12.6 Å². The van der Waals surface area contributed by atoms with E-state index in [2.05, 4.69) is 31.2 Å². The Hall–Kier alpha value is -0.730. The molecular formula is C15H26ClNO. The van der Waals surface area contributed by atoms with Crippen molar-refractivity contribution < 1.29 is 4.74 Å². The molecule has 1 atom stereocenters. The molecular weight excluding hydrogens is 246 g/mol. The Bertz CT molecular complexity index is 298. The zero-order chi connectivity index (χ0) is 12.5. The van der Waals surface area contributed by atoms with E-state index < -0.39 is 0 Å². The first-order chi connectivity index (χ1) is 8.22. The van der Waals surface area contributed by atoms with E-state index in [0.29, 0.717) is 0 Å². The van der Waals surface area contributed by atoms with Crippen molar-refractivity contribution in [3.8, 4) is 5.75 Å². The molecule has 0 aliphatic heterocycles. The fraction of sp³-hybridized carbons (Fsp3) is 0.600. The maximum Gasteiger partial charge on any atom is 0.119 e. The topological polar surface area (TPSA) is 35.2 Å². The predicted molar refractivity (Wildman–Crippen MR) is 80.7 cm³/mol. The minimum absolute atomic E-state index is 0. The van der Waals surface area contributed by atoms with Crippen LogP contribution in [-0.2, 0) is 6.42 Å². The molecule has 3 heteroatoms. The van der Waals surface area contributed by atoms with E-state index >= 15 is 0 Å². The molecule has 1 unspecified atom stereocenters. The first-order valence-corrected chi connectivity index (χ1v) is 6.69. The fourth-order valence-electron chi connectivity index (χ4n) is 1.69. The van der Waals surface area contributed by atoms with Crippen LogP contribution in [0.2, 0.25) is 0 Å². The Morgan fingerprint density at radius 3 is 2.39 bits per heavy atom. The van der Waals surface area contributed by atoms with Crippen molar-refractivity contribution in [3.05, 3.63) is 29.8 Å². The Balaban J connectivity index is 0.00000289. The molecule has 0 fully saturated rings. The molecule has 2 nitrogen and oxygen atoms in total. The van der Waals surface area contributed by atoms with Gasteiger partial charge in [-0.3, -0.25) is 0 Å². The SMILES string of the molecule is CCCCCOc1ccc(CCC(C)N)cc1.Cl. The van der Waals surface area contributed by atoms with Gasteiger partial charge in [0, 0.05) is 6.04 Å². The van der Waals surface area contributed by atoms with Crippen molar-refractivity contribution in [2.75, 3.05) is 6.61 Å². The standard InChI is InChI=1S/C15H25NO.ClH/c1-3-4-5-12-17-15-10-8-14(9-11-15)7-6-13(2)16;/h8-11,13H,3-7,12,16H2,1-2H3;1H. The van der Waals surface area contributed by atoms with Crippen molar-refractivity contribution >= 4 is 12.4 Å². The van der Waals surface area contributed by atoms with Gasteiger partial charge in [-0.2, -0.15) is 0 Å². The molecule has 0 heterocycles. The van der Waals surface area contributed by atoms with E-state index in [4.69, 9.17) is 10.5 Å². The van der Waals surface area contributed by atoms with Gasteiger partial charge in [0.2, 0.25) is 0 Å². The highest BCUT2D eigenvalue weighted by atomic mass is 35.5. The van der Waals surface area contributed by atoms with Gasteiger partial charge in [-0.1, -0.05) is 31.9 Å². The summed E-state index contributed by atoms with van der Waals surface area (Å²) < 4.78 is 5.66. The summed E-state index contributed by atoms with van der Waals surface area (Å²) in [6, 6.07) is 8.67. The number of rotatable bonds is 8. The molecule has 0 aliphatic carbocycles. The van der Waals surface area contributed by atoms with E-state index in [1.54, 1.807) is 0 Å². The normalized spacial score (nSPS) is 11.7. The number of aryl methyl sites for hydroxylation is 1. The monoisotopic (exact) mass is 271 g/mol. The third-order valence-corrected chi connectivity index (χ3v) is 2.83. The molecule has 0 saturated carbocycles. The van der Waals surface area contributed by atoms with Crippen LogP contribution in [0.1, 0.15) is 45.1 Å². The number of hydrogen-bond donors (Lipinski definition) is 1. The minimum atomic E-state index is 0. The van der Waals surface area contributed by atoms with Gasteiger partial charge in [0.1, 0.15) is 5.75 Å². The molecule has 1 rings (SSSR count). The average Bonchev–Trinajstić information content (AvgIpc) is 2.33. The highest BCUT2D eigenvalue weighted by molar-refractivity contribution is 5.85. The van der Waals surface area contributed by atoms with Crippen LogP contribution in [0.4, 0.5) is 0 Å². The van der Waals surface area contributed by atoms with Crippen LogP contribution in [0.25, 0.3) is 0 Å². The third-order valence-electron chi connectivity index (χ3n) is 2.83. The van der Waals surface area contributed by atoms with Gasteiger partial charge in [0.15, 0.2) is 0 Å². The van der Waals surface area contributed by atoms with E-state index in [-0.39, 0.29) is 18.4 Å².